The topological polar surface area (TPSA) is 103 Å². The Morgan fingerprint density at radius 3 is 2.85 bits per heavy atom. The highest BCUT2D eigenvalue weighted by Gasteiger charge is 2.29. The van der Waals surface area contributed by atoms with E-state index in [2.05, 4.69) is 20.3 Å². The van der Waals surface area contributed by atoms with Gasteiger partial charge in [0.2, 0.25) is 5.91 Å². The van der Waals surface area contributed by atoms with Crippen LogP contribution < -0.4 is 5.32 Å². The van der Waals surface area contributed by atoms with Crippen LogP contribution in [0.5, 0.6) is 0 Å². The zero-order valence-electron chi connectivity index (χ0n) is 17.9. The molecule has 11 heteroatoms. The average molecular weight is 496 g/mol. The Hall–Kier alpha value is -2.46. The van der Waals surface area contributed by atoms with Crippen molar-refractivity contribution in [3.8, 4) is 0 Å². The van der Waals surface area contributed by atoms with Crippen LogP contribution in [0.15, 0.2) is 24.5 Å². The van der Waals surface area contributed by atoms with Gasteiger partial charge in [0.05, 0.1) is 40.3 Å². The highest BCUT2D eigenvalue weighted by Crippen LogP contribution is 2.35. The molecule has 3 aromatic rings. The summed E-state index contributed by atoms with van der Waals surface area (Å²) in [4.78, 5) is 25.6. The number of H-pyrrole nitrogens is 1. The molecule has 1 aromatic carbocycles. The monoisotopic (exact) mass is 495 g/mol. The number of aliphatic hydroxyl groups excluding tert-OH is 1. The van der Waals surface area contributed by atoms with E-state index < -0.39 is 11.9 Å². The number of aromatic nitrogens is 3. The SMILES string of the molecule is COCCC(=O)N1CCC(C(O)c2cc3c(Nc4ccc(Cl)c(Cl)c4F)ncnc3[nH]2)CC1. The number of amides is 1. The number of ether oxygens (including phenoxy) is 1. The van der Waals surface area contributed by atoms with Crippen molar-refractivity contribution in [1.82, 2.24) is 19.9 Å². The Balaban J connectivity index is 1.49. The smallest absolute Gasteiger partial charge is 0.224 e. The van der Waals surface area contributed by atoms with Crippen LogP contribution in [0.1, 0.15) is 31.1 Å². The lowest BCUT2D eigenvalue weighted by molar-refractivity contribution is -0.134. The Morgan fingerprint density at radius 1 is 1.36 bits per heavy atom. The van der Waals surface area contributed by atoms with Crippen molar-refractivity contribution in [2.75, 3.05) is 32.1 Å². The van der Waals surface area contributed by atoms with Crippen LogP contribution in [0.25, 0.3) is 11.0 Å². The van der Waals surface area contributed by atoms with Crippen molar-refractivity contribution in [2.45, 2.75) is 25.4 Å². The Labute approximate surface area is 200 Å². The average Bonchev–Trinajstić information content (AvgIpc) is 3.28. The number of aromatic amines is 1. The van der Waals surface area contributed by atoms with Gasteiger partial charge in [-0.3, -0.25) is 4.79 Å². The number of hydrogen-bond donors (Lipinski definition) is 3. The van der Waals surface area contributed by atoms with Crippen LogP contribution in [0.4, 0.5) is 15.9 Å². The summed E-state index contributed by atoms with van der Waals surface area (Å²) < 4.78 is 19.4. The van der Waals surface area contributed by atoms with E-state index in [-0.39, 0.29) is 27.6 Å². The van der Waals surface area contributed by atoms with Crippen molar-refractivity contribution in [2.24, 2.45) is 5.92 Å². The minimum absolute atomic E-state index is 0.0126. The molecule has 3 N–H and O–H groups in total. The molecule has 1 unspecified atom stereocenters. The highest BCUT2D eigenvalue weighted by molar-refractivity contribution is 6.42. The first-order chi connectivity index (χ1) is 15.9. The summed E-state index contributed by atoms with van der Waals surface area (Å²) in [6, 6.07) is 4.72. The van der Waals surface area contributed by atoms with Crippen molar-refractivity contribution in [1.29, 1.82) is 0 Å². The number of piperidine rings is 1. The second-order valence-electron chi connectivity index (χ2n) is 7.96. The molecule has 8 nitrogen and oxygen atoms in total. The van der Waals surface area contributed by atoms with Gasteiger partial charge in [0.15, 0.2) is 5.82 Å². The van der Waals surface area contributed by atoms with E-state index >= 15 is 0 Å². The van der Waals surface area contributed by atoms with E-state index in [1.165, 1.54) is 18.5 Å². The molecule has 1 amide bonds. The van der Waals surface area contributed by atoms with Gasteiger partial charge in [-0.15, -0.1) is 0 Å². The third kappa shape index (κ3) is 5.06. The van der Waals surface area contributed by atoms with Gasteiger partial charge in [-0.05, 0) is 37.0 Å². The summed E-state index contributed by atoms with van der Waals surface area (Å²) in [5.41, 5.74) is 1.22. The third-order valence-corrected chi connectivity index (χ3v) is 6.69. The fourth-order valence-electron chi connectivity index (χ4n) is 4.04. The van der Waals surface area contributed by atoms with Crippen molar-refractivity contribution in [3.05, 3.63) is 46.1 Å². The number of rotatable bonds is 7. The van der Waals surface area contributed by atoms with Crippen molar-refractivity contribution >= 4 is 51.6 Å². The number of nitrogens with one attached hydrogen (secondary N) is 2. The van der Waals surface area contributed by atoms with E-state index in [9.17, 15) is 14.3 Å². The largest absolute Gasteiger partial charge is 0.387 e. The van der Waals surface area contributed by atoms with Gasteiger partial charge in [-0.1, -0.05) is 23.2 Å². The summed E-state index contributed by atoms with van der Waals surface area (Å²) in [6.07, 6.45) is 2.31. The maximum atomic E-state index is 14.5. The number of halogens is 3. The second kappa shape index (κ2) is 10.2. The standard InChI is InChI=1S/C22H24Cl2FN5O3/c1-33-9-6-17(31)30-7-4-12(5-8-30)20(32)16-10-13-21(26-11-27-22(13)29-16)28-15-3-2-14(23)18(24)19(15)25/h2-3,10-12,20,32H,4-9H2,1H3,(H2,26,27,28,29). The van der Waals surface area contributed by atoms with E-state index in [1.54, 1.807) is 13.2 Å². The lowest BCUT2D eigenvalue weighted by Crippen LogP contribution is -2.40. The number of aliphatic hydroxyl groups is 1. The van der Waals surface area contributed by atoms with Crippen LogP contribution >= 0.6 is 23.2 Å². The number of hydrogen-bond acceptors (Lipinski definition) is 6. The van der Waals surface area contributed by atoms with Crippen LogP contribution in [0.2, 0.25) is 10.0 Å². The first-order valence-electron chi connectivity index (χ1n) is 10.6. The third-order valence-electron chi connectivity index (χ3n) is 5.91. The molecule has 0 spiro atoms. The molecule has 176 valence electrons. The van der Waals surface area contributed by atoms with Crippen LogP contribution in [-0.2, 0) is 9.53 Å². The van der Waals surface area contributed by atoms with Gasteiger partial charge in [0.1, 0.15) is 17.8 Å². The zero-order valence-corrected chi connectivity index (χ0v) is 19.5. The van der Waals surface area contributed by atoms with E-state index in [4.69, 9.17) is 27.9 Å². The van der Waals surface area contributed by atoms with Gasteiger partial charge in [0, 0.05) is 25.9 Å². The summed E-state index contributed by atoms with van der Waals surface area (Å²) in [5.74, 6) is -0.263. The predicted molar refractivity (Wildman–Crippen MR) is 124 cm³/mol. The summed E-state index contributed by atoms with van der Waals surface area (Å²) in [6.45, 7) is 1.58. The Bertz CT molecular complexity index is 1150. The van der Waals surface area contributed by atoms with Gasteiger partial charge in [-0.25, -0.2) is 14.4 Å². The zero-order chi connectivity index (χ0) is 23.5. The number of benzene rings is 1. The minimum Gasteiger partial charge on any atom is -0.387 e. The van der Waals surface area contributed by atoms with Gasteiger partial charge < -0.3 is 25.0 Å². The maximum Gasteiger partial charge on any atom is 0.224 e. The molecular formula is C22H24Cl2FN5O3. The first kappa shape index (κ1) is 23.7. The molecule has 33 heavy (non-hydrogen) atoms. The number of carbonyl (C=O) groups excluding carboxylic acids is 1. The molecule has 1 fully saturated rings. The molecule has 1 atom stereocenters. The molecule has 1 aliphatic heterocycles. The van der Waals surface area contributed by atoms with E-state index in [0.717, 1.165) is 0 Å². The second-order valence-corrected chi connectivity index (χ2v) is 8.75. The number of carbonyl (C=O) groups is 1. The Morgan fingerprint density at radius 2 is 2.12 bits per heavy atom. The minimum atomic E-state index is -0.759. The molecule has 2 aromatic heterocycles. The fourth-order valence-corrected chi connectivity index (χ4v) is 4.35. The predicted octanol–water partition coefficient (Wildman–Crippen LogP) is 4.46. The molecule has 0 bridgehead atoms. The van der Waals surface area contributed by atoms with Gasteiger partial charge in [0.25, 0.3) is 0 Å². The molecule has 1 aliphatic rings. The van der Waals surface area contributed by atoms with Gasteiger partial charge >= 0.3 is 0 Å². The lowest BCUT2D eigenvalue weighted by atomic mass is 9.89. The lowest BCUT2D eigenvalue weighted by Gasteiger charge is -2.34. The number of fused-ring (bicyclic) bond motifs is 1. The number of methoxy groups -OCH3 is 1. The molecule has 0 saturated carbocycles. The van der Waals surface area contributed by atoms with Crippen molar-refractivity contribution < 1.29 is 19.0 Å². The van der Waals surface area contributed by atoms with Gasteiger partial charge in [-0.2, -0.15) is 0 Å². The maximum absolute atomic E-state index is 14.5. The molecule has 0 aliphatic carbocycles. The number of anilines is 2. The summed E-state index contributed by atoms with van der Waals surface area (Å²) in [7, 11) is 1.57. The molecular weight excluding hydrogens is 472 g/mol. The Kier molecular flexibility index (Phi) is 7.33. The number of nitrogens with zero attached hydrogens (tertiary/aromatic N) is 3. The first-order valence-corrected chi connectivity index (χ1v) is 11.3. The van der Waals surface area contributed by atoms with E-state index in [1.807, 2.05) is 4.90 Å². The van der Waals surface area contributed by atoms with Crippen LogP contribution in [0.3, 0.4) is 0 Å². The molecule has 4 rings (SSSR count). The fraction of sp³-hybridized carbons (Fsp3) is 0.409. The highest BCUT2D eigenvalue weighted by atomic mass is 35.5. The van der Waals surface area contributed by atoms with Crippen molar-refractivity contribution in [3.63, 3.8) is 0 Å². The molecule has 1 saturated heterocycles. The van der Waals surface area contributed by atoms with Crippen LogP contribution in [0, 0.1) is 11.7 Å². The normalized spacial score (nSPS) is 15.7. The van der Waals surface area contributed by atoms with Crippen LogP contribution in [-0.4, -0.2) is 57.7 Å². The van der Waals surface area contributed by atoms with E-state index in [0.29, 0.717) is 61.5 Å². The number of likely N-dealkylation sites (tertiary alicyclic amines) is 1. The summed E-state index contributed by atoms with van der Waals surface area (Å²) >= 11 is 11.8. The molecule has 3 heterocycles. The quantitative estimate of drug-likeness (QED) is 0.418. The summed E-state index contributed by atoms with van der Waals surface area (Å²) in [5, 5.41) is 14.5. The molecule has 0 radical (unpaired) electrons.